The van der Waals surface area contributed by atoms with Crippen LogP contribution >= 0.6 is 31.9 Å². The standard InChI is InChI=1S/C8H8Br2N2/c9-6-1-5(3-8(11)12)2-7(10)4-6/h1-2,4H,3H2,(H3,11,12). The molecule has 0 saturated heterocycles. The average Bonchev–Trinajstić information content (AvgIpc) is 1.81. The molecule has 1 aromatic rings. The summed E-state index contributed by atoms with van der Waals surface area (Å²) in [6.45, 7) is 0. The number of hydrogen-bond donors (Lipinski definition) is 2. The number of amidine groups is 1. The van der Waals surface area contributed by atoms with E-state index in [4.69, 9.17) is 11.1 Å². The van der Waals surface area contributed by atoms with Gasteiger partial charge >= 0.3 is 0 Å². The molecule has 0 aliphatic rings. The van der Waals surface area contributed by atoms with E-state index in [1.807, 2.05) is 18.2 Å². The maximum atomic E-state index is 7.12. The van der Waals surface area contributed by atoms with Crippen molar-refractivity contribution in [2.24, 2.45) is 5.73 Å². The minimum Gasteiger partial charge on any atom is -0.387 e. The van der Waals surface area contributed by atoms with Gasteiger partial charge in [0.2, 0.25) is 0 Å². The van der Waals surface area contributed by atoms with E-state index in [-0.39, 0.29) is 5.84 Å². The van der Waals surface area contributed by atoms with Crippen molar-refractivity contribution < 1.29 is 0 Å². The van der Waals surface area contributed by atoms with E-state index in [1.54, 1.807) is 0 Å². The highest BCUT2D eigenvalue weighted by Gasteiger charge is 1.98. The molecular weight excluding hydrogens is 284 g/mol. The van der Waals surface area contributed by atoms with Crippen LogP contribution in [-0.4, -0.2) is 5.84 Å². The lowest BCUT2D eigenvalue weighted by atomic mass is 10.1. The number of rotatable bonds is 2. The van der Waals surface area contributed by atoms with Crippen LogP contribution in [0, 0.1) is 5.41 Å². The van der Waals surface area contributed by atoms with Gasteiger partial charge < -0.3 is 5.73 Å². The number of halogens is 2. The molecule has 0 amide bonds. The Hall–Kier alpha value is -0.350. The van der Waals surface area contributed by atoms with Crippen LogP contribution in [0.2, 0.25) is 0 Å². The normalized spacial score (nSPS) is 9.83. The highest BCUT2D eigenvalue weighted by Crippen LogP contribution is 2.20. The third-order valence-corrected chi connectivity index (χ3v) is 2.23. The molecule has 0 aliphatic heterocycles. The Balaban J connectivity index is 2.93. The van der Waals surface area contributed by atoms with Crippen LogP contribution < -0.4 is 5.73 Å². The van der Waals surface area contributed by atoms with Gasteiger partial charge in [-0.15, -0.1) is 0 Å². The van der Waals surface area contributed by atoms with Crippen molar-refractivity contribution in [1.29, 1.82) is 5.41 Å². The van der Waals surface area contributed by atoms with Gasteiger partial charge in [-0.2, -0.15) is 0 Å². The average molecular weight is 292 g/mol. The van der Waals surface area contributed by atoms with E-state index >= 15 is 0 Å². The molecule has 0 atom stereocenters. The third-order valence-electron chi connectivity index (χ3n) is 1.32. The van der Waals surface area contributed by atoms with Crippen molar-refractivity contribution in [2.45, 2.75) is 6.42 Å². The SMILES string of the molecule is N=C(N)Cc1cc(Br)cc(Br)c1. The highest BCUT2D eigenvalue weighted by atomic mass is 79.9. The van der Waals surface area contributed by atoms with Gasteiger partial charge in [0.15, 0.2) is 0 Å². The van der Waals surface area contributed by atoms with Crippen molar-refractivity contribution in [3.8, 4) is 0 Å². The van der Waals surface area contributed by atoms with E-state index in [0.717, 1.165) is 14.5 Å². The molecule has 4 heteroatoms. The summed E-state index contributed by atoms with van der Waals surface area (Å²) in [5, 5.41) is 7.12. The molecule has 0 aromatic heterocycles. The van der Waals surface area contributed by atoms with Crippen LogP contribution in [0.1, 0.15) is 5.56 Å². The zero-order chi connectivity index (χ0) is 9.14. The quantitative estimate of drug-likeness (QED) is 0.639. The van der Waals surface area contributed by atoms with Crippen molar-refractivity contribution in [3.05, 3.63) is 32.7 Å². The molecule has 1 rings (SSSR count). The molecule has 12 heavy (non-hydrogen) atoms. The smallest absolute Gasteiger partial charge is 0.0950 e. The monoisotopic (exact) mass is 290 g/mol. The summed E-state index contributed by atoms with van der Waals surface area (Å²) in [6, 6.07) is 5.85. The molecule has 0 radical (unpaired) electrons. The minimum absolute atomic E-state index is 0.181. The summed E-state index contributed by atoms with van der Waals surface area (Å²) in [4.78, 5) is 0. The Labute approximate surface area is 87.9 Å². The first-order chi connectivity index (χ1) is 5.58. The first-order valence-corrected chi connectivity index (χ1v) is 4.94. The fraction of sp³-hybridized carbons (Fsp3) is 0.125. The molecule has 0 fully saturated rings. The summed E-state index contributed by atoms with van der Waals surface area (Å²) in [7, 11) is 0. The summed E-state index contributed by atoms with van der Waals surface area (Å²) < 4.78 is 1.99. The van der Waals surface area contributed by atoms with Gasteiger partial charge in [-0.25, -0.2) is 0 Å². The Bertz CT molecular complexity index is 290. The predicted octanol–water partition coefficient (Wildman–Crippen LogP) is 2.69. The molecule has 0 aliphatic carbocycles. The van der Waals surface area contributed by atoms with E-state index in [0.29, 0.717) is 6.42 Å². The number of benzene rings is 1. The van der Waals surface area contributed by atoms with Crippen LogP contribution in [0.25, 0.3) is 0 Å². The molecule has 3 N–H and O–H groups in total. The van der Waals surface area contributed by atoms with Gasteiger partial charge in [-0.3, -0.25) is 5.41 Å². The van der Waals surface area contributed by atoms with Crippen molar-refractivity contribution in [2.75, 3.05) is 0 Å². The lowest BCUT2D eigenvalue weighted by Gasteiger charge is -2.01. The van der Waals surface area contributed by atoms with E-state index in [1.165, 1.54) is 0 Å². The van der Waals surface area contributed by atoms with Crippen LogP contribution in [0.5, 0.6) is 0 Å². The lowest BCUT2D eigenvalue weighted by Crippen LogP contribution is -2.12. The van der Waals surface area contributed by atoms with Crippen LogP contribution in [-0.2, 0) is 6.42 Å². The Morgan fingerprint density at radius 1 is 1.25 bits per heavy atom. The van der Waals surface area contributed by atoms with Crippen LogP contribution in [0.15, 0.2) is 27.1 Å². The topological polar surface area (TPSA) is 49.9 Å². The Kier molecular flexibility index (Phi) is 3.29. The molecule has 64 valence electrons. The largest absolute Gasteiger partial charge is 0.387 e. The zero-order valence-electron chi connectivity index (χ0n) is 6.27. The maximum absolute atomic E-state index is 7.12. The second-order valence-electron chi connectivity index (χ2n) is 2.48. The van der Waals surface area contributed by atoms with Gasteiger partial charge in [-0.05, 0) is 23.8 Å². The molecule has 0 spiro atoms. The van der Waals surface area contributed by atoms with Crippen LogP contribution in [0.3, 0.4) is 0 Å². The second kappa shape index (κ2) is 4.05. The number of hydrogen-bond acceptors (Lipinski definition) is 1. The third kappa shape index (κ3) is 2.95. The lowest BCUT2D eigenvalue weighted by molar-refractivity contribution is 1.24. The Morgan fingerprint density at radius 2 is 1.75 bits per heavy atom. The van der Waals surface area contributed by atoms with Crippen LogP contribution in [0.4, 0.5) is 0 Å². The molecule has 0 unspecified atom stereocenters. The molecule has 0 bridgehead atoms. The summed E-state index contributed by atoms with van der Waals surface area (Å²) in [5.41, 5.74) is 6.31. The van der Waals surface area contributed by atoms with Gasteiger partial charge in [0.05, 0.1) is 5.84 Å². The molecular formula is C8H8Br2N2. The zero-order valence-corrected chi connectivity index (χ0v) is 9.44. The molecule has 2 nitrogen and oxygen atoms in total. The van der Waals surface area contributed by atoms with Crippen molar-refractivity contribution in [3.63, 3.8) is 0 Å². The minimum atomic E-state index is 0.181. The fourth-order valence-electron chi connectivity index (χ4n) is 0.933. The first kappa shape index (κ1) is 9.74. The summed E-state index contributed by atoms with van der Waals surface area (Å²) >= 11 is 6.72. The van der Waals surface area contributed by atoms with Gasteiger partial charge in [0.1, 0.15) is 0 Å². The predicted molar refractivity (Wildman–Crippen MR) is 57.5 cm³/mol. The molecule has 0 saturated carbocycles. The maximum Gasteiger partial charge on any atom is 0.0950 e. The molecule has 0 heterocycles. The fourth-order valence-corrected chi connectivity index (χ4v) is 2.32. The van der Waals surface area contributed by atoms with Crippen molar-refractivity contribution >= 4 is 37.7 Å². The second-order valence-corrected chi connectivity index (χ2v) is 4.31. The Morgan fingerprint density at radius 3 is 2.17 bits per heavy atom. The first-order valence-electron chi connectivity index (χ1n) is 3.36. The number of nitrogens with two attached hydrogens (primary N) is 1. The van der Waals surface area contributed by atoms with E-state index in [9.17, 15) is 0 Å². The van der Waals surface area contributed by atoms with Gasteiger partial charge in [0, 0.05) is 15.4 Å². The summed E-state index contributed by atoms with van der Waals surface area (Å²) in [6.07, 6.45) is 0.498. The van der Waals surface area contributed by atoms with E-state index < -0.39 is 0 Å². The van der Waals surface area contributed by atoms with Gasteiger partial charge in [0.25, 0.3) is 0 Å². The number of nitrogens with one attached hydrogen (secondary N) is 1. The van der Waals surface area contributed by atoms with Crippen molar-refractivity contribution in [1.82, 2.24) is 0 Å². The highest BCUT2D eigenvalue weighted by molar-refractivity contribution is 9.11. The van der Waals surface area contributed by atoms with E-state index in [2.05, 4.69) is 31.9 Å². The summed E-state index contributed by atoms with van der Waals surface area (Å²) in [5.74, 6) is 0.181. The van der Waals surface area contributed by atoms with Gasteiger partial charge in [-0.1, -0.05) is 31.9 Å². The molecule has 1 aromatic carbocycles.